The van der Waals surface area contributed by atoms with E-state index in [9.17, 15) is 9.59 Å². The van der Waals surface area contributed by atoms with Crippen molar-refractivity contribution in [2.24, 2.45) is 5.73 Å². The predicted molar refractivity (Wildman–Crippen MR) is 89.6 cm³/mol. The first kappa shape index (κ1) is 16.9. The van der Waals surface area contributed by atoms with Gasteiger partial charge in [0.1, 0.15) is 0 Å². The minimum absolute atomic E-state index is 0.112. The van der Waals surface area contributed by atoms with Crippen LogP contribution >= 0.6 is 0 Å². The number of aryl methyl sites for hydroxylation is 1. The van der Waals surface area contributed by atoms with Crippen LogP contribution in [0.1, 0.15) is 38.8 Å². The molecule has 0 bridgehead atoms. The maximum Gasteiger partial charge on any atom is 0.337 e. The Morgan fingerprint density at radius 1 is 1.13 bits per heavy atom. The molecule has 0 aliphatic heterocycles. The van der Waals surface area contributed by atoms with E-state index in [0.29, 0.717) is 17.5 Å². The summed E-state index contributed by atoms with van der Waals surface area (Å²) in [5, 5.41) is 0. The van der Waals surface area contributed by atoms with Gasteiger partial charge < -0.3 is 10.5 Å². The van der Waals surface area contributed by atoms with E-state index in [1.54, 1.807) is 31.2 Å². The van der Waals surface area contributed by atoms with Crippen LogP contribution in [0.4, 0.5) is 0 Å². The lowest BCUT2D eigenvalue weighted by atomic mass is 9.84. The van der Waals surface area contributed by atoms with Crippen molar-refractivity contribution in [2.45, 2.75) is 25.8 Å². The third-order valence-electron chi connectivity index (χ3n) is 3.83. The Balaban J connectivity index is 2.26. The summed E-state index contributed by atoms with van der Waals surface area (Å²) in [5.74, 6) is -0.519. The second kappa shape index (κ2) is 6.75. The van der Waals surface area contributed by atoms with Gasteiger partial charge in [0, 0.05) is 5.56 Å². The monoisotopic (exact) mass is 311 g/mol. The number of hydrogen-bond acceptors (Lipinski definition) is 4. The zero-order valence-corrected chi connectivity index (χ0v) is 13.6. The molecule has 0 heterocycles. The number of rotatable bonds is 5. The predicted octanol–water partition coefficient (Wildman–Crippen LogP) is 2.92. The van der Waals surface area contributed by atoms with Crippen molar-refractivity contribution in [1.29, 1.82) is 0 Å². The molecule has 0 amide bonds. The number of methoxy groups -OCH3 is 1. The molecular formula is C19H21NO3. The zero-order chi connectivity index (χ0) is 17.0. The van der Waals surface area contributed by atoms with E-state index in [-0.39, 0.29) is 5.78 Å². The molecule has 1 unspecified atom stereocenters. The summed E-state index contributed by atoms with van der Waals surface area (Å²) >= 11 is 0. The Bertz CT molecular complexity index is 735. The molecule has 4 heteroatoms. The van der Waals surface area contributed by atoms with Gasteiger partial charge in [-0.25, -0.2) is 4.79 Å². The number of carbonyl (C=O) groups is 2. The highest BCUT2D eigenvalue weighted by Crippen LogP contribution is 2.20. The van der Waals surface area contributed by atoms with E-state index in [0.717, 1.165) is 11.1 Å². The molecule has 2 aromatic rings. The molecule has 2 aromatic carbocycles. The maximum absolute atomic E-state index is 12.7. The van der Waals surface area contributed by atoms with Crippen LogP contribution in [-0.2, 0) is 11.2 Å². The topological polar surface area (TPSA) is 69.4 Å². The third kappa shape index (κ3) is 3.85. The van der Waals surface area contributed by atoms with Crippen LogP contribution in [-0.4, -0.2) is 24.4 Å². The van der Waals surface area contributed by atoms with E-state index >= 15 is 0 Å². The fourth-order valence-electron chi connectivity index (χ4n) is 2.57. The van der Waals surface area contributed by atoms with Gasteiger partial charge in [-0.1, -0.05) is 36.4 Å². The minimum atomic E-state index is -1.05. The van der Waals surface area contributed by atoms with Crippen molar-refractivity contribution in [3.63, 3.8) is 0 Å². The maximum atomic E-state index is 12.7. The summed E-state index contributed by atoms with van der Waals surface area (Å²) in [6.07, 6.45) is 0.338. The number of esters is 1. The van der Waals surface area contributed by atoms with Crippen LogP contribution in [0, 0.1) is 6.92 Å². The van der Waals surface area contributed by atoms with Gasteiger partial charge in [-0.3, -0.25) is 4.79 Å². The van der Waals surface area contributed by atoms with E-state index in [4.69, 9.17) is 10.5 Å². The summed E-state index contributed by atoms with van der Waals surface area (Å²) in [6, 6.07) is 14.4. The van der Waals surface area contributed by atoms with Crippen molar-refractivity contribution >= 4 is 11.8 Å². The molecule has 0 aliphatic carbocycles. The Morgan fingerprint density at radius 2 is 1.83 bits per heavy atom. The largest absolute Gasteiger partial charge is 0.465 e. The molecule has 0 aromatic heterocycles. The van der Waals surface area contributed by atoms with Gasteiger partial charge in [0.25, 0.3) is 0 Å². The SMILES string of the molecule is COC(=O)c1cccc(CC(C)(N)C(=O)c2ccccc2C)c1. The molecule has 2 rings (SSSR count). The van der Waals surface area contributed by atoms with Crippen LogP contribution in [0.15, 0.2) is 48.5 Å². The molecule has 4 nitrogen and oxygen atoms in total. The molecule has 0 fully saturated rings. The van der Waals surface area contributed by atoms with Crippen molar-refractivity contribution in [3.05, 3.63) is 70.8 Å². The van der Waals surface area contributed by atoms with Crippen molar-refractivity contribution in [1.82, 2.24) is 0 Å². The number of carbonyl (C=O) groups excluding carboxylic acids is 2. The van der Waals surface area contributed by atoms with Crippen molar-refractivity contribution < 1.29 is 14.3 Å². The van der Waals surface area contributed by atoms with Crippen LogP contribution < -0.4 is 5.73 Å². The molecule has 0 radical (unpaired) electrons. The smallest absolute Gasteiger partial charge is 0.337 e. The average Bonchev–Trinajstić information content (AvgIpc) is 2.53. The van der Waals surface area contributed by atoms with Gasteiger partial charge in [-0.15, -0.1) is 0 Å². The highest BCUT2D eigenvalue weighted by Gasteiger charge is 2.30. The molecule has 2 N–H and O–H groups in total. The number of Topliss-reactive ketones (excluding diaryl/α,β-unsaturated/α-hetero) is 1. The molecule has 120 valence electrons. The number of hydrogen-bond donors (Lipinski definition) is 1. The number of ether oxygens (including phenoxy) is 1. The summed E-state index contributed by atoms with van der Waals surface area (Å²) in [5.41, 5.74) is 8.03. The molecule has 23 heavy (non-hydrogen) atoms. The van der Waals surface area contributed by atoms with Crippen molar-refractivity contribution in [3.8, 4) is 0 Å². The normalized spacial score (nSPS) is 13.2. The Kier molecular flexibility index (Phi) is 4.96. The first-order valence-electron chi connectivity index (χ1n) is 7.42. The molecule has 0 spiro atoms. The van der Waals surface area contributed by atoms with E-state index in [1.165, 1.54) is 7.11 Å². The number of nitrogens with two attached hydrogens (primary N) is 1. The van der Waals surface area contributed by atoms with Gasteiger partial charge in [-0.05, 0) is 43.5 Å². The van der Waals surface area contributed by atoms with Crippen LogP contribution in [0.25, 0.3) is 0 Å². The van der Waals surface area contributed by atoms with Crippen LogP contribution in [0.5, 0.6) is 0 Å². The Morgan fingerprint density at radius 3 is 2.48 bits per heavy atom. The molecular weight excluding hydrogens is 290 g/mol. The lowest BCUT2D eigenvalue weighted by Gasteiger charge is -2.24. The van der Waals surface area contributed by atoms with Crippen molar-refractivity contribution in [2.75, 3.05) is 7.11 Å². The Labute approximate surface area is 136 Å². The summed E-state index contributed by atoms with van der Waals surface area (Å²) in [4.78, 5) is 24.4. The standard InChI is InChI=1S/C19H21NO3/c1-13-7-4-5-10-16(13)17(21)19(2,20)12-14-8-6-9-15(11-14)18(22)23-3/h4-11H,12,20H2,1-3H3. The Hall–Kier alpha value is -2.46. The highest BCUT2D eigenvalue weighted by molar-refractivity contribution is 6.04. The van der Waals surface area contributed by atoms with Crippen LogP contribution in [0.2, 0.25) is 0 Å². The zero-order valence-electron chi connectivity index (χ0n) is 13.6. The first-order chi connectivity index (χ1) is 10.8. The van der Waals surface area contributed by atoms with E-state index in [2.05, 4.69) is 0 Å². The molecule has 0 saturated carbocycles. The highest BCUT2D eigenvalue weighted by atomic mass is 16.5. The quantitative estimate of drug-likeness (QED) is 0.681. The molecule has 0 aliphatic rings. The van der Waals surface area contributed by atoms with Gasteiger partial charge >= 0.3 is 5.97 Å². The minimum Gasteiger partial charge on any atom is -0.465 e. The first-order valence-corrected chi connectivity index (χ1v) is 7.42. The van der Waals surface area contributed by atoms with Gasteiger partial charge in [-0.2, -0.15) is 0 Å². The third-order valence-corrected chi connectivity index (χ3v) is 3.83. The summed E-state index contributed by atoms with van der Waals surface area (Å²) < 4.78 is 4.72. The molecule has 0 saturated heterocycles. The van der Waals surface area contributed by atoms with Gasteiger partial charge in [0.05, 0.1) is 18.2 Å². The van der Waals surface area contributed by atoms with Gasteiger partial charge in [0.15, 0.2) is 5.78 Å². The molecule has 1 atom stereocenters. The fourth-order valence-corrected chi connectivity index (χ4v) is 2.57. The lowest BCUT2D eigenvalue weighted by molar-refractivity contribution is 0.0600. The lowest BCUT2D eigenvalue weighted by Crippen LogP contribution is -2.47. The van der Waals surface area contributed by atoms with E-state index < -0.39 is 11.5 Å². The second-order valence-corrected chi connectivity index (χ2v) is 5.93. The van der Waals surface area contributed by atoms with E-state index in [1.807, 2.05) is 31.2 Å². The van der Waals surface area contributed by atoms with Crippen LogP contribution in [0.3, 0.4) is 0 Å². The average molecular weight is 311 g/mol. The summed E-state index contributed by atoms with van der Waals surface area (Å²) in [6.45, 7) is 3.60. The second-order valence-electron chi connectivity index (χ2n) is 5.93. The summed E-state index contributed by atoms with van der Waals surface area (Å²) in [7, 11) is 1.34. The number of benzene rings is 2. The van der Waals surface area contributed by atoms with Gasteiger partial charge in [0.2, 0.25) is 0 Å². The fraction of sp³-hybridized carbons (Fsp3) is 0.263. The number of ketones is 1.